The highest BCUT2D eigenvalue weighted by Gasteiger charge is 2.25. The fourth-order valence-electron chi connectivity index (χ4n) is 3.08. The molecule has 0 radical (unpaired) electrons. The van der Waals surface area contributed by atoms with Crippen LogP contribution in [0.15, 0.2) is 42.5 Å². The second-order valence-corrected chi connectivity index (χ2v) is 6.60. The molecule has 2 aromatic carbocycles. The minimum Gasteiger partial charge on any atom is -0.315 e. The van der Waals surface area contributed by atoms with Crippen molar-refractivity contribution < 1.29 is 4.39 Å². The molecule has 0 aromatic heterocycles. The van der Waals surface area contributed by atoms with E-state index in [1.165, 1.54) is 12.1 Å². The van der Waals surface area contributed by atoms with E-state index in [-0.39, 0.29) is 11.9 Å². The van der Waals surface area contributed by atoms with Crippen LogP contribution >= 0.6 is 23.2 Å². The monoisotopic (exact) mass is 352 g/mol. The molecule has 1 N–H and O–H groups in total. The molecular weight excluding hydrogens is 334 g/mol. The maximum atomic E-state index is 13.3. The fraction of sp³-hybridized carbons (Fsp3) is 0.333. The quantitative estimate of drug-likeness (QED) is 0.873. The van der Waals surface area contributed by atoms with Gasteiger partial charge in [0.05, 0.1) is 6.04 Å². The summed E-state index contributed by atoms with van der Waals surface area (Å²) in [5.41, 5.74) is 2.04. The van der Waals surface area contributed by atoms with Crippen LogP contribution in [0, 0.1) is 5.82 Å². The highest BCUT2D eigenvalue weighted by atomic mass is 35.5. The maximum Gasteiger partial charge on any atom is 0.123 e. The van der Waals surface area contributed by atoms with E-state index in [0.717, 1.165) is 43.7 Å². The van der Waals surface area contributed by atoms with Gasteiger partial charge in [-0.05, 0) is 48.4 Å². The van der Waals surface area contributed by atoms with Gasteiger partial charge < -0.3 is 5.32 Å². The number of hydrogen-bond acceptors (Lipinski definition) is 2. The SMILES string of the molecule is Fc1ccc(C(c2ccc(Cl)cc2Cl)N2CCCNCC2)cc1. The first-order valence-electron chi connectivity index (χ1n) is 7.80. The van der Waals surface area contributed by atoms with Gasteiger partial charge in [0.2, 0.25) is 0 Å². The Labute approximate surface area is 146 Å². The molecule has 0 amide bonds. The van der Waals surface area contributed by atoms with Crippen LogP contribution < -0.4 is 5.32 Å². The third-order valence-electron chi connectivity index (χ3n) is 4.18. The Morgan fingerprint density at radius 1 is 1.00 bits per heavy atom. The van der Waals surface area contributed by atoms with Crippen molar-refractivity contribution >= 4 is 23.2 Å². The number of nitrogens with zero attached hydrogens (tertiary/aromatic N) is 1. The molecule has 3 rings (SSSR count). The number of nitrogens with one attached hydrogen (secondary N) is 1. The van der Waals surface area contributed by atoms with Gasteiger partial charge in [0.1, 0.15) is 5.82 Å². The van der Waals surface area contributed by atoms with Gasteiger partial charge in [0, 0.05) is 29.7 Å². The van der Waals surface area contributed by atoms with E-state index in [1.54, 1.807) is 6.07 Å². The Kier molecular flexibility index (Phi) is 5.54. The van der Waals surface area contributed by atoms with E-state index >= 15 is 0 Å². The Bertz CT molecular complexity index is 653. The maximum absolute atomic E-state index is 13.3. The summed E-state index contributed by atoms with van der Waals surface area (Å²) in [4.78, 5) is 2.39. The van der Waals surface area contributed by atoms with Crippen LogP contribution in [0.2, 0.25) is 10.0 Å². The van der Waals surface area contributed by atoms with Crippen molar-refractivity contribution in [1.29, 1.82) is 0 Å². The van der Waals surface area contributed by atoms with Gasteiger partial charge in [-0.2, -0.15) is 0 Å². The molecule has 0 aliphatic carbocycles. The Morgan fingerprint density at radius 2 is 1.78 bits per heavy atom. The lowest BCUT2D eigenvalue weighted by Crippen LogP contribution is -2.33. The van der Waals surface area contributed by atoms with Crippen molar-refractivity contribution in [2.24, 2.45) is 0 Å². The first kappa shape index (κ1) is 16.7. The van der Waals surface area contributed by atoms with Gasteiger partial charge in [-0.15, -0.1) is 0 Å². The van der Waals surface area contributed by atoms with Crippen molar-refractivity contribution in [3.05, 3.63) is 69.5 Å². The molecule has 2 aromatic rings. The summed E-state index contributed by atoms with van der Waals surface area (Å²) < 4.78 is 13.3. The number of halogens is 3. The standard InChI is InChI=1S/C18H19Cl2FN2/c19-14-4-7-16(17(20)12-14)18(13-2-5-15(21)6-3-13)23-10-1-8-22-9-11-23/h2-7,12,18,22H,1,8-11H2. The van der Waals surface area contributed by atoms with Crippen molar-refractivity contribution in [3.8, 4) is 0 Å². The molecule has 0 saturated carbocycles. The molecule has 1 unspecified atom stereocenters. The molecule has 2 nitrogen and oxygen atoms in total. The zero-order chi connectivity index (χ0) is 16.2. The van der Waals surface area contributed by atoms with Crippen LogP contribution in [0.3, 0.4) is 0 Å². The summed E-state index contributed by atoms with van der Waals surface area (Å²) in [7, 11) is 0. The van der Waals surface area contributed by atoms with Crippen molar-refractivity contribution in [2.45, 2.75) is 12.5 Å². The van der Waals surface area contributed by atoms with E-state index in [9.17, 15) is 4.39 Å². The topological polar surface area (TPSA) is 15.3 Å². The highest BCUT2D eigenvalue weighted by Crippen LogP contribution is 2.35. The molecule has 0 bridgehead atoms. The van der Waals surface area contributed by atoms with Crippen LogP contribution in [0.4, 0.5) is 4.39 Å². The molecule has 122 valence electrons. The molecule has 5 heteroatoms. The van der Waals surface area contributed by atoms with E-state index in [0.29, 0.717) is 10.0 Å². The van der Waals surface area contributed by atoms with Crippen molar-refractivity contribution in [3.63, 3.8) is 0 Å². The van der Waals surface area contributed by atoms with Crippen LogP contribution in [0.25, 0.3) is 0 Å². The van der Waals surface area contributed by atoms with Gasteiger partial charge in [0.15, 0.2) is 0 Å². The normalized spacial score (nSPS) is 17.7. The summed E-state index contributed by atoms with van der Waals surface area (Å²) in [5, 5.41) is 4.67. The first-order chi connectivity index (χ1) is 11.1. The van der Waals surface area contributed by atoms with Gasteiger partial charge in [-0.3, -0.25) is 4.90 Å². The average molecular weight is 353 g/mol. The first-order valence-corrected chi connectivity index (χ1v) is 8.56. The minimum absolute atomic E-state index is 0.000247. The molecule has 1 heterocycles. The van der Waals surface area contributed by atoms with Crippen LogP contribution in [0.1, 0.15) is 23.6 Å². The Hall–Kier alpha value is -1.13. The second kappa shape index (κ2) is 7.63. The molecule has 1 fully saturated rings. The van der Waals surface area contributed by atoms with Gasteiger partial charge in [0.25, 0.3) is 0 Å². The lowest BCUT2D eigenvalue weighted by Gasteiger charge is -2.32. The van der Waals surface area contributed by atoms with Crippen molar-refractivity contribution in [2.75, 3.05) is 26.2 Å². The molecule has 0 spiro atoms. The molecule has 1 saturated heterocycles. The van der Waals surface area contributed by atoms with Crippen LogP contribution in [-0.4, -0.2) is 31.1 Å². The molecular formula is C18H19Cl2FN2. The Balaban J connectivity index is 2.03. The largest absolute Gasteiger partial charge is 0.315 e. The second-order valence-electron chi connectivity index (χ2n) is 5.76. The van der Waals surface area contributed by atoms with Gasteiger partial charge >= 0.3 is 0 Å². The molecule has 23 heavy (non-hydrogen) atoms. The third-order valence-corrected chi connectivity index (χ3v) is 4.75. The summed E-state index contributed by atoms with van der Waals surface area (Å²) in [6.07, 6.45) is 1.07. The highest BCUT2D eigenvalue weighted by molar-refractivity contribution is 6.35. The summed E-state index contributed by atoms with van der Waals surface area (Å²) in [6.45, 7) is 3.83. The third kappa shape index (κ3) is 4.04. The Morgan fingerprint density at radius 3 is 2.52 bits per heavy atom. The van der Waals surface area contributed by atoms with E-state index in [4.69, 9.17) is 23.2 Å². The number of rotatable bonds is 3. The molecule has 1 aliphatic heterocycles. The molecule has 1 atom stereocenters. The number of hydrogen-bond donors (Lipinski definition) is 1. The lowest BCUT2D eigenvalue weighted by atomic mass is 9.96. The smallest absolute Gasteiger partial charge is 0.123 e. The predicted octanol–water partition coefficient (Wildman–Crippen LogP) is 4.52. The summed E-state index contributed by atoms with van der Waals surface area (Å²) >= 11 is 12.5. The zero-order valence-electron chi connectivity index (χ0n) is 12.7. The predicted molar refractivity (Wildman–Crippen MR) is 93.8 cm³/mol. The van der Waals surface area contributed by atoms with Gasteiger partial charge in [-0.25, -0.2) is 4.39 Å². The van der Waals surface area contributed by atoms with Crippen LogP contribution in [0.5, 0.6) is 0 Å². The summed E-state index contributed by atoms with van der Waals surface area (Å²) in [5.74, 6) is -0.229. The zero-order valence-corrected chi connectivity index (χ0v) is 14.2. The van der Waals surface area contributed by atoms with E-state index in [1.807, 2.05) is 24.3 Å². The lowest BCUT2D eigenvalue weighted by molar-refractivity contribution is 0.241. The molecule has 1 aliphatic rings. The van der Waals surface area contributed by atoms with Crippen LogP contribution in [-0.2, 0) is 0 Å². The van der Waals surface area contributed by atoms with Crippen molar-refractivity contribution in [1.82, 2.24) is 10.2 Å². The van der Waals surface area contributed by atoms with E-state index < -0.39 is 0 Å². The van der Waals surface area contributed by atoms with Gasteiger partial charge in [-0.1, -0.05) is 41.4 Å². The average Bonchev–Trinajstić information content (AvgIpc) is 2.81. The number of benzene rings is 2. The fourth-order valence-corrected chi connectivity index (χ4v) is 3.59. The summed E-state index contributed by atoms with van der Waals surface area (Å²) in [6, 6.07) is 12.3. The minimum atomic E-state index is -0.229. The van der Waals surface area contributed by atoms with E-state index in [2.05, 4.69) is 10.2 Å².